The van der Waals surface area contributed by atoms with Crippen LogP contribution in [0.5, 0.6) is 0 Å². The molecule has 0 fully saturated rings. The normalized spacial score (nSPS) is 10.8. The molecule has 0 unspecified atom stereocenters. The second-order valence-corrected chi connectivity index (χ2v) is 5.42. The van der Waals surface area contributed by atoms with E-state index in [1.807, 2.05) is 22.9 Å². The second kappa shape index (κ2) is 6.04. The maximum Gasteiger partial charge on any atom is 0.307 e. The molecule has 0 aliphatic carbocycles. The lowest BCUT2D eigenvalue weighted by Gasteiger charge is -2.16. The van der Waals surface area contributed by atoms with Crippen molar-refractivity contribution in [1.29, 1.82) is 0 Å². The molecule has 2 aromatic heterocycles. The standard InChI is InChI=1S/C13H17N3O3S/c1-9-7-16-10(8-20-13(16)14-9)6-11(17)15(2)5-4-12(18)19-3/h7-8H,4-6H2,1-3H3. The molecule has 1 amide bonds. The van der Waals surface area contributed by atoms with Crippen molar-refractivity contribution in [3.05, 3.63) is 23.0 Å². The van der Waals surface area contributed by atoms with Gasteiger partial charge in [0.05, 0.1) is 25.6 Å². The number of ether oxygens (including phenoxy) is 1. The molecule has 0 bridgehead atoms. The lowest BCUT2D eigenvalue weighted by Crippen LogP contribution is -2.30. The summed E-state index contributed by atoms with van der Waals surface area (Å²) in [4.78, 5) is 30.0. The minimum Gasteiger partial charge on any atom is -0.469 e. The average Bonchev–Trinajstić information content (AvgIpc) is 2.96. The minimum atomic E-state index is -0.312. The number of aromatic nitrogens is 2. The van der Waals surface area contributed by atoms with Gasteiger partial charge in [-0.15, -0.1) is 11.3 Å². The number of carbonyl (C=O) groups excluding carboxylic acids is 2. The summed E-state index contributed by atoms with van der Waals surface area (Å²) in [5.74, 6) is -0.340. The SMILES string of the molecule is COC(=O)CCN(C)C(=O)Cc1csc2nc(C)cn12. The van der Waals surface area contributed by atoms with Crippen molar-refractivity contribution < 1.29 is 14.3 Å². The Labute approximate surface area is 121 Å². The van der Waals surface area contributed by atoms with Gasteiger partial charge in [-0.25, -0.2) is 4.98 Å². The molecule has 2 heterocycles. The van der Waals surface area contributed by atoms with Crippen molar-refractivity contribution in [3.63, 3.8) is 0 Å². The molecular weight excluding hydrogens is 278 g/mol. The molecule has 0 atom stereocenters. The molecule has 20 heavy (non-hydrogen) atoms. The highest BCUT2D eigenvalue weighted by molar-refractivity contribution is 7.15. The van der Waals surface area contributed by atoms with Crippen LogP contribution in [-0.2, 0) is 20.7 Å². The van der Waals surface area contributed by atoms with E-state index in [1.165, 1.54) is 18.4 Å². The molecule has 2 aromatic rings. The van der Waals surface area contributed by atoms with E-state index in [-0.39, 0.29) is 18.3 Å². The van der Waals surface area contributed by atoms with Gasteiger partial charge in [-0.2, -0.15) is 0 Å². The van der Waals surface area contributed by atoms with Gasteiger partial charge in [0, 0.05) is 30.9 Å². The highest BCUT2D eigenvalue weighted by atomic mass is 32.1. The zero-order chi connectivity index (χ0) is 14.7. The molecule has 0 aromatic carbocycles. The number of esters is 1. The zero-order valence-corrected chi connectivity index (χ0v) is 12.6. The maximum absolute atomic E-state index is 12.1. The van der Waals surface area contributed by atoms with Crippen molar-refractivity contribution in [2.75, 3.05) is 20.7 Å². The Morgan fingerprint density at radius 1 is 1.50 bits per heavy atom. The van der Waals surface area contributed by atoms with Crippen molar-refractivity contribution in [2.24, 2.45) is 0 Å². The van der Waals surface area contributed by atoms with Crippen molar-refractivity contribution in [3.8, 4) is 0 Å². The number of aryl methyl sites for hydroxylation is 1. The first-order valence-electron chi connectivity index (χ1n) is 6.24. The number of hydrogen-bond donors (Lipinski definition) is 0. The Hall–Kier alpha value is -1.89. The molecule has 0 spiro atoms. The van der Waals surface area contributed by atoms with Crippen LogP contribution in [0, 0.1) is 6.92 Å². The zero-order valence-electron chi connectivity index (χ0n) is 11.8. The largest absolute Gasteiger partial charge is 0.469 e. The molecule has 7 heteroatoms. The molecule has 0 saturated carbocycles. The van der Waals surface area contributed by atoms with Gasteiger partial charge < -0.3 is 9.64 Å². The fourth-order valence-corrected chi connectivity index (χ4v) is 2.76. The summed E-state index contributed by atoms with van der Waals surface area (Å²) in [6.45, 7) is 2.29. The summed E-state index contributed by atoms with van der Waals surface area (Å²) in [5.41, 5.74) is 1.85. The van der Waals surface area contributed by atoms with Crippen LogP contribution < -0.4 is 0 Å². The molecule has 0 aliphatic heterocycles. The first-order chi connectivity index (χ1) is 9.51. The van der Waals surface area contributed by atoms with Gasteiger partial charge in [0.1, 0.15) is 0 Å². The highest BCUT2D eigenvalue weighted by Gasteiger charge is 2.15. The summed E-state index contributed by atoms with van der Waals surface area (Å²) >= 11 is 1.52. The lowest BCUT2D eigenvalue weighted by atomic mass is 10.3. The summed E-state index contributed by atoms with van der Waals surface area (Å²) in [5, 5.41) is 1.94. The fourth-order valence-electron chi connectivity index (χ4n) is 1.84. The number of amides is 1. The summed E-state index contributed by atoms with van der Waals surface area (Å²) in [7, 11) is 3.03. The Bertz CT molecular complexity index is 632. The minimum absolute atomic E-state index is 0.0278. The van der Waals surface area contributed by atoms with Crippen molar-refractivity contribution in [2.45, 2.75) is 19.8 Å². The van der Waals surface area contributed by atoms with Gasteiger partial charge in [-0.05, 0) is 6.92 Å². The van der Waals surface area contributed by atoms with Crippen LogP contribution in [0.2, 0.25) is 0 Å². The topological polar surface area (TPSA) is 63.9 Å². The van der Waals surface area contributed by atoms with Crippen LogP contribution >= 0.6 is 11.3 Å². The Balaban J connectivity index is 1.98. The summed E-state index contributed by atoms with van der Waals surface area (Å²) in [6.07, 6.45) is 2.43. The van der Waals surface area contributed by atoms with Crippen LogP contribution in [0.25, 0.3) is 4.96 Å². The van der Waals surface area contributed by atoms with Gasteiger partial charge in [0.2, 0.25) is 5.91 Å². The first kappa shape index (κ1) is 14.5. The van der Waals surface area contributed by atoms with Gasteiger partial charge in [0.15, 0.2) is 4.96 Å². The van der Waals surface area contributed by atoms with Crippen molar-refractivity contribution >= 4 is 28.2 Å². The number of thiazole rings is 1. The molecule has 0 N–H and O–H groups in total. The first-order valence-corrected chi connectivity index (χ1v) is 7.12. The second-order valence-electron chi connectivity index (χ2n) is 4.58. The van der Waals surface area contributed by atoms with E-state index in [9.17, 15) is 9.59 Å². The van der Waals surface area contributed by atoms with E-state index in [1.54, 1.807) is 11.9 Å². The molecule has 0 radical (unpaired) electrons. The highest BCUT2D eigenvalue weighted by Crippen LogP contribution is 2.17. The van der Waals surface area contributed by atoms with E-state index < -0.39 is 0 Å². The molecule has 0 aliphatic rings. The summed E-state index contributed by atoms with van der Waals surface area (Å²) in [6, 6.07) is 0. The predicted octanol–water partition coefficient (Wildman–Crippen LogP) is 1.27. The number of methoxy groups -OCH3 is 1. The molecule has 108 valence electrons. The monoisotopic (exact) mass is 295 g/mol. The smallest absolute Gasteiger partial charge is 0.307 e. The van der Waals surface area contributed by atoms with E-state index in [2.05, 4.69) is 9.72 Å². The number of likely N-dealkylation sites (N-methyl/N-ethyl adjacent to an activating group) is 1. The third-order valence-corrected chi connectivity index (χ3v) is 3.93. The Kier molecular flexibility index (Phi) is 4.39. The molecule has 0 saturated heterocycles. The maximum atomic E-state index is 12.1. The van der Waals surface area contributed by atoms with Crippen LogP contribution in [0.15, 0.2) is 11.6 Å². The van der Waals surface area contributed by atoms with Gasteiger partial charge >= 0.3 is 5.97 Å². The number of imidazole rings is 1. The number of hydrogen-bond acceptors (Lipinski definition) is 5. The number of fused-ring (bicyclic) bond motifs is 1. The quantitative estimate of drug-likeness (QED) is 0.779. The van der Waals surface area contributed by atoms with E-state index in [0.29, 0.717) is 13.0 Å². The third kappa shape index (κ3) is 3.16. The van der Waals surface area contributed by atoms with Gasteiger partial charge in [-0.3, -0.25) is 14.0 Å². The summed E-state index contributed by atoms with van der Waals surface area (Å²) < 4.78 is 6.50. The van der Waals surface area contributed by atoms with E-state index in [0.717, 1.165) is 16.3 Å². The number of carbonyl (C=O) groups is 2. The Morgan fingerprint density at radius 3 is 2.95 bits per heavy atom. The number of nitrogens with zero attached hydrogens (tertiary/aromatic N) is 3. The van der Waals surface area contributed by atoms with Crippen molar-refractivity contribution in [1.82, 2.24) is 14.3 Å². The lowest BCUT2D eigenvalue weighted by molar-refractivity contribution is -0.141. The fraction of sp³-hybridized carbons (Fsp3) is 0.462. The Morgan fingerprint density at radius 2 is 2.25 bits per heavy atom. The third-order valence-electron chi connectivity index (χ3n) is 3.04. The molecular formula is C13H17N3O3S. The van der Waals surface area contributed by atoms with Crippen LogP contribution in [0.1, 0.15) is 17.8 Å². The van der Waals surface area contributed by atoms with Crippen LogP contribution in [0.4, 0.5) is 0 Å². The number of rotatable bonds is 5. The molecule has 2 rings (SSSR count). The van der Waals surface area contributed by atoms with E-state index in [4.69, 9.17) is 0 Å². The van der Waals surface area contributed by atoms with E-state index >= 15 is 0 Å². The van der Waals surface area contributed by atoms with Crippen LogP contribution in [0.3, 0.4) is 0 Å². The van der Waals surface area contributed by atoms with Gasteiger partial charge in [0.25, 0.3) is 0 Å². The predicted molar refractivity (Wildman–Crippen MR) is 75.8 cm³/mol. The average molecular weight is 295 g/mol. The van der Waals surface area contributed by atoms with Crippen LogP contribution in [-0.4, -0.2) is 46.9 Å². The molecule has 6 nitrogen and oxygen atoms in total. The van der Waals surface area contributed by atoms with Gasteiger partial charge in [-0.1, -0.05) is 0 Å².